The van der Waals surface area contributed by atoms with Gasteiger partial charge in [-0.25, -0.2) is 0 Å². The predicted molar refractivity (Wildman–Crippen MR) is 85.7 cm³/mol. The van der Waals surface area contributed by atoms with Crippen LogP contribution in [0.2, 0.25) is 0 Å². The molecule has 110 valence electrons. The molecular weight excluding hydrogens is 260 g/mol. The number of carboxylic acid groups (broad SMARTS) is 1. The zero-order chi connectivity index (χ0) is 14.7. The van der Waals surface area contributed by atoms with Crippen LogP contribution < -0.4 is 0 Å². The zero-order valence-electron chi connectivity index (χ0n) is 12.3. The molecule has 0 radical (unpaired) electrons. The topological polar surface area (TPSA) is 37.3 Å². The van der Waals surface area contributed by atoms with Crippen LogP contribution in [0.3, 0.4) is 0 Å². The second-order valence-electron chi connectivity index (χ2n) is 6.09. The molecule has 3 rings (SSSR count). The van der Waals surface area contributed by atoms with Gasteiger partial charge >= 0.3 is 5.97 Å². The number of rotatable bonds is 5. The molecule has 2 nitrogen and oxygen atoms in total. The molecule has 2 heteroatoms. The minimum atomic E-state index is -0.707. The molecule has 0 atom stereocenters. The molecule has 1 aliphatic rings. The van der Waals surface area contributed by atoms with Crippen molar-refractivity contribution in [3.05, 3.63) is 47.5 Å². The third-order valence-electron chi connectivity index (χ3n) is 4.68. The highest BCUT2D eigenvalue weighted by molar-refractivity contribution is 5.89. The first kappa shape index (κ1) is 14.1. The van der Waals surface area contributed by atoms with Crippen LogP contribution in [0.4, 0.5) is 0 Å². The molecule has 0 aliphatic heterocycles. The predicted octanol–water partition coefficient (Wildman–Crippen LogP) is 4.90. The van der Waals surface area contributed by atoms with Gasteiger partial charge in [-0.2, -0.15) is 0 Å². The van der Waals surface area contributed by atoms with Crippen molar-refractivity contribution in [1.29, 1.82) is 0 Å². The first-order valence-electron chi connectivity index (χ1n) is 7.98. The van der Waals surface area contributed by atoms with E-state index in [0.717, 1.165) is 6.42 Å². The second-order valence-corrected chi connectivity index (χ2v) is 6.09. The molecule has 1 aliphatic carbocycles. The van der Waals surface area contributed by atoms with Gasteiger partial charge in [0.15, 0.2) is 0 Å². The third kappa shape index (κ3) is 3.10. The van der Waals surface area contributed by atoms with Gasteiger partial charge < -0.3 is 5.11 Å². The maximum atomic E-state index is 10.7. The molecule has 0 heterocycles. The summed E-state index contributed by atoms with van der Waals surface area (Å²) >= 11 is 0. The fraction of sp³-hybridized carbons (Fsp3) is 0.421. The summed E-state index contributed by atoms with van der Waals surface area (Å²) < 4.78 is 0. The van der Waals surface area contributed by atoms with Crippen LogP contribution in [0.25, 0.3) is 10.8 Å². The minimum absolute atomic E-state index is 0.249. The van der Waals surface area contributed by atoms with Crippen LogP contribution in [-0.2, 0) is 11.2 Å². The Bertz CT molecular complexity index is 639. The van der Waals surface area contributed by atoms with E-state index in [0.29, 0.717) is 12.3 Å². The lowest BCUT2D eigenvalue weighted by Gasteiger charge is -2.15. The van der Waals surface area contributed by atoms with Crippen molar-refractivity contribution in [3.63, 3.8) is 0 Å². The number of aryl methyl sites for hydroxylation is 1. The second kappa shape index (κ2) is 6.30. The smallest absolute Gasteiger partial charge is 0.303 e. The number of benzene rings is 2. The van der Waals surface area contributed by atoms with E-state index in [1.807, 2.05) is 0 Å². The van der Waals surface area contributed by atoms with Crippen LogP contribution in [0.15, 0.2) is 36.4 Å². The molecule has 0 bridgehead atoms. The van der Waals surface area contributed by atoms with E-state index in [1.165, 1.54) is 47.6 Å². The Hall–Kier alpha value is -1.83. The Kier molecular flexibility index (Phi) is 4.23. The Morgan fingerprint density at radius 3 is 2.48 bits per heavy atom. The SMILES string of the molecule is O=C(O)CCCc1ccc(C2CCCC2)c2ccccc12. The Morgan fingerprint density at radius 1 is 1.05 bits per heavy atom. The van der Waals surface area contributed by atoms with Gasteiger partial charge in [0.2, 0.25) is 0 Å². The van der Waals surface area contributed by atoms with Gasteiger partial charge in [0.1, 0.15) is 0 Å². The number of aliphatic carboxylic acids is 1. The summed E-state index contributed by atoms with van der Waals surface area (Å²) in [6.07, 6.45) is 7.11. The summed E-state index contributed by atoms with van der Waals surface area (Å²) in [4.78, 5) is 10.7. The summed E-state index contributed by atoms with van der Waals surface area (Å²) in [5, 5.41) is 11.5. The van der Waals surface area contributed by atoms with Crippen LogP contribution in [0.5, 0.6) is 0 Å². The minimum Gasteiger partial charge on any atom is -0.481 e. The van der Waals surface area contributed by atoms with Gasteiger partial charge in [-0.15, -0.1) is 0 Å². The normalized spacial score (nSPS) is 15.6. The first-order chi connectivity index (χ1) is 10.3. The highest BCUT2D eigenvalue weighted by Crippen LogP contribution is 2.38. The number of hydrogen-bond acceptors (Lipinski definition) is 1. The van der Waals surface area contributed by atoms with Crippen molar-refractivity contribution < 1.29 is 9.90 Å². The fourth-order valence-corrected chi connectivity index (χ4v) is 3.63. The van der Waals surface area contributed by atoms with Crippen LogP contribution in [-0.4, -0.2) is 11.1 Å². The maximum absolute atomic E-state index is 10.7. The molecular formula is C19H22O2. The Balaban J connectivity index is 1.92. The van der Waals surface area contributed by atoms with E-state index >= 15 is 0 Å². The average molecular weight is 282 g/mol. The molecule has 2 aromatic rings. The molecule has 1 fully saturated rings. The standard InChI is InChI=1S/C19H22O2/c20-19(21)11-5-8-15-12-13-17(14-6-1-2-7-14)18-10-4-3-9-16(15)18/h3-4,9-10,12-14H,1-2,5-8,11H2,(H,20,21). The summed E-state index contributed by atoms with van der Waals surface area (Å²) in [6, 6.07) is 13.1. The van der Waals surface area contributed by atoms with E-state index in [9.17, 15) is 4.79 Å². The quantitative estimate of drug-likeness (QED) is 0.846. The third-order valence-corrected chi connectivity index (χ3v) is 4.68. The van der Waals surface area contributed by atoms with Gasteiger partial charge in [0.25, 0.3) is 0 Å². The van der Waals surface area contributed by atoms with E-state index in [1.54, 1.807) is 0 Å². The van der Waals surface area contributed by atoms with E-state index < -0.39 is 5.97 Å². The molecule has 0 amide bonds. The highest BCUT2D eigenvalue weighted by Gasteiger charge is 2.19. The molecule has 0 saturated heterocycles. The van der Waals surface area contributed by atoms with Crippen molar-refractivity contribution in [3.8, 4) is 0 Å². The monoisotopic (exact) mass is 282 g/mol. The lowest BCUT2D eigenvalue weighted by molar-refractivity contribution is -0.137. The van der Waals surface area contributed by atoms with Crippen molar-refractivity contribution >= 4 is 16.7 Å². The number of carbonyl (C=O) groups is 1. The van der Waals surface area contributed by atoms with Gasteiger partial charge in [-0.3, -0.25) is 4.79 Å². The van der Waals surface area contributed by atoms with Gasteiger partial charge in [0, 0.05) is 6.42 Å². The van der Waals surface area contributed by atoms with E-state index in [2.05, 4.69) is 36.4 Å². The lowest BCUT2D eigenvalue weighted by Crippen LogP contribution is -1.99. The number of carboxylic acids is 1. The van der Waals surface area contributed by atoms with Crippen molar-refractivity contribution in [2.75, 3.05) is 0 Å². The number of hydrogen-bond donors (Lipinski definition) is 1. The lowest BCUT2D eigenvalue weighted by atomic mass is 9.89. The van der Waals surface area contributed by atoms with Gasteiger partial charge in [0.05, 0.1) is 0 Å². The van der Waals surface area contributed by atoms with Crippen LogP contribution >= 0.6 is 0 Å². The van der Waals surface area contributed by atoms with Crippen molar-refractivity contribution in [2.45, 2.75) is 50.9 Å². The molecule has 1 N–H and O–H groups in total. The summed E-state index contributed by atoms with van der Waals surface area (Å²) in [5.41, 5.74) is 2.78. The molecule has 0 unspecified atom stereocenters. The number of fused-ring (bicyclic) bond motifs is 1. The molecule has 21 heavy (non-hydrogen) atoms. The summed E-state index contributed by atoms with van der Waals surface area (Å²) in [5.74, 6) is 0.00449. The summed E-state index contributed by atoms with van der Waals surface area (Å²) in [7, 11) is 0. The van der Waals surface area contributed by atoms with Gasteiger partial charge in [-0.05, 0) is 53.5 Å². The fourth-order valence-electron chi connectivity index (χ4n) is 3.63. The molecule has 0 spiro atoms. The zero-order valence-corrected chi connectivity index (χ0v) is 12.3. The van der Waals surface area contributed by atoms with Gasteiger partial charge in [-0.1, -0.05) is 49.2 Å². The molecule has 0 aromatic heterocycles. The van der Waals surface area contributed by atoms with Crippen LogP contribution in [0, 0.1) is 0 Å². The molecule has 2 aromatic carbocycles. The highest BCUT2D eigenvalue weighted by atomic mass is 16.4. The van der Waals surface area contributed by atoms with E-state index in [4.69, 9.17) is 5.11 Å². The first-order valence-corrected chi connectivity index (χ1v) is 7.98. The Morgan fingerprint density at radius 2 is 1.76 bits per heavy atom. The molecule has 1 saturated carbocycles. The largest absolute Gasteiger partial charge is 0.481 e. The van der Waals surface area contributed by atoms with Crippen LogP contribution in [0.1, 0.15) is 55.6 Å². The summed E-state index contributed by atoms with van der Waals surface area (Å²) in [6.45, 7) is 0. The van der Waals surface area contributed by atoms with E-state index in [-0.39, 0.29) is 6.42 Å². The maximum Gasteiger partial charge on any atom is 0.303 e. The van der Waals surface area contributed by atoms with Crippen molar-refractivity contribution in [1.82, 2.24) is 0 Å². The average Bonchev–Trinajstić information content (AvgIpc) is 3.01. The van der Waals surface area contributed by atoms with Crippen molar-refractivity contribution in [2.24, 2.45) is 0 Å². The Labute approximate surface area is 125 Å².